The molecule has 2 atom stereocenters. The molecule has 24 heavy (non-hydrogen) atoms. The molecule has 2 unspecified atom stereocenters. The number of carbonyl (C=O) groups excluding carboxylic acids is 4. The molecule has 0 aromatic carbocycles. The van der Waals surface area contributed by atoms with Crippen LogP contribution in [0.4, 0.5) is 0 Å². The van der Waals surface area contributed by atoms with Gasteiger partial charge in [0, 0.05) is 6.54 Å². The van der Waals surface area contributed by atoms with Gasteiger partial charge in [-0.25, -0.2) is 0 Å². The second kappa shape index (κ2) is 8.05. The third-order valence-electron chi connectivity index (χ3n) is 3.79. The van der Waals surface area contributed by atoms with Crippen molar-refractivity contribution in [1.29, 1.82) is 0 Å². The number of thiophene rings is 1. The first-order valence-corrected chi connectivity index (χ1v) is 8.75. The van der Waals surface area contributed by atoms with Crippen molar-refractivity contribution in [2.75, 3.05) is 6.54 Å². The number of carbonyl (C=O) groups is 4. The minimum atomic E-state index is -0.832. The fourth-order valence-electron chi connectivity index (χ4n) is 2.44. The number of rotatable bonds is 6. The number of hydrogen-bond acceptors (Lipinski definition) is 5. The van der Waals surface area contributed by atoms with Crippen molar-refractivity contribution in [3.63, 3.8) is 0 Å². The lowest BCUT2D eigenvalue weighted by Gasteiger charge is -2.26. The molecule has 1 aromatic rings. The molecule has 3 amide bonds. The van der Waals surface area contributed by atoms with Crippen LogP contribution in [0.2, 0.25) is 0 Å². The molecular formula is C16H21N3O4S. The summed E-state index contributed by atoms with van der Waals surface area (Å²) in [6.45, 7) is 3.96. The molecule has 1 aliphatic rings. The van der Waals surface area contributed by atoms with Crippen molar-refractivity contribution in [3.05, 3.63) is 22.4 Å². The summed E-state index contributed by atoms with van der Waals surface area (Å²) in [4.78, 5) is 47.7. The molecule has 1 aliphatic heterocycles. The van der Waals surface area contributed by atoms with Crippen molar-refractivity contribution >= 4 is 34.8 Å². The van der Waals surface area contributed by atoms with Crippen molar-refractivity contribution in [3.8, 4) is 0 Å². The fourth-order valence-corrected chi connectivity index (χ4v) is 3.11. The highest BCUT2D eigenvalue weighted by atomic mass is 32.1. The van der Waals surface area contributed by atoms with Gasteiger partial charge in [0.2, 0.25) is 17.6 Å². The summed E-state index contributed by atoms with van der Waals surface area (Å²) in [6.07, 6.45) is 0.550. The highest BCUT2D eigenvalue weighted by molar-refractivity contribution is 7.08. The average Bonchev–Trinajstić information content (AvgIpc) is 3.02. The van der Waals surface area contributed by atoms with E-state index in [0.29, 0.717) is 13.0 Å². The van der Waals surface area contributed by atoms with Gasteiger partial charge in [0.05, 0.1) is 12.5 Å². The van der Waals surface area contributed by atoms with Crippen molar-refractivity contribution < 1.29 is 19.2 Å². The van der Waals surface area contributed by atoms with Crippen LogP contribution >= 0.6 is 11.3 Å². The van der Waals surface area contributed by atoms with E-state index in [-0.39, 0.29) is 18.2 Å². The van der Waals surface area contributed by atoms with E-state index in [1.807, 2.05) is 30.7 Å². The molecule has 0 spiro atoms. The molecule has 3 N–H and O–H groups in total. The maximum Gasteiger partial charge on any atom is 0.289 e. The van der Waals surface area contributed by atoms with E-state index in [4.69, 9.17) is 0 Å². The monoisotopic (exact) mass is 351 g/mol. The zero-order chi connectivity index (χ0) is 17.7. The predicted molar refractivity (Wildman–Crippen MR) is 89.4 cm³/mol. The first kappa shape index (κ1) is 18.1. The van der Waals surface area contributed by atoms with Crippen molar-refractivity contribution in [2.45, 2.75) is 38.8 Å². The minimum absolute atomic E-state index is 0.149. The summed E-state index contributed by atoms with van der Waals surface area (Å²) in [5, 5.41) is 11.5. The van der Waals surface area contributed by atoms with Gasteiger partial charge in [-0.3, -0.25) is 19.2 Å². The predicted octanol–water partition coefficient (Wildman–Crippen LogP) is 0.00520. The SMILES string of the molecule is CC(C)C(NC(=O)Cc1ccsc1)C(=O)NC1CCNC(=O)C1=O. The Kier molecular flexibility index (Phi) is 6.08. The van der Waals surface area contributed by atoms with E-state index in [0.717, 1.165) is 5.56 Å². The number of Topliss-reactive ketones (excluding diaryl/α,β-unsaturated/α-hetero) is 1. The Balaban J connectivity index is 1.96. The average molecular weight is 351 g/mol. The zero-order valence-electron chi connectivity index (χ0n) is 13.6. The normalized spacial score (nSPS) is 18.9. The minimum Gasteiger partial charge on any atom is -0.349 e. The fraction of sp³-hybridized carbons (Fsp3) is 0.500. The molecule has 1 saturated heterocycles. The van der Waals surface area contributed by atoms with Crippen LogP contribution in [0.3, 0.4) is 0 Å². The number of ketones is 1. The summed E-state index contributed by atoms with van der Waals surface area (Å²) in [6, 6.07) is 0.267. The van der Waals surface area contributed by atoms with Crippen molar-refractivity contribution in [2.24, 2.45) is 5.92 Å². The topological polar surface area (TPSA) is 104 Å². The zero-order valence-corrected chi connectivity index (χ0v) is 14.4. The molecule has 0 saturated carbocycles. The number of amides is 3. The molecule has 7 nitrogen and oxygen atoms in total. The third kappa shape index (κ3) is 4.64. The van der Waals surface area contributed by atoms with Gasteiger partial charge in [-0.1, -0.05) is 13.8 Å². The highest BCUT2D eigenvalue weighted by Crippen LogP contribution is 2.09. The first-order chi connectivity index (χ1) is 11.4. The van der Waals surface area contributed by atoms with Crippen molar-refractivity contribution in [1.82, 2.24) is 16.0 Å². The number of piperidine rings is 1. The van der Waals surface area contributed by atoms with Crippen LogP contribution in [0, 0.1) is 5.92 Å². The molecular weight excluding hydrogens is 330 g/mol. The summed E-state index contributed by atoms with van der Waals surface area (Å²) in [5.74, 6) is -2.19. The van der Waals surface area contributed by atoms with Gasteiger partial charge in [0.15, 0.2) is 0 Å². The van der Waals surface area contributed by atoms with Gasteiger partial charge in [-0.15, -0.1) is 0 Å². The molecule has 1 fully saturated rings. The Morgan fingerprint density at radius 3 is 2.75 bits per heavy atom. The van der Waals surface area contributed by atoms with E-state index in [9.17, 15) is 19.2 Å². The van der Waals surface area contributed by atoms with E-state index >= 15 is 0 Å². The smallest absolute Gasteiger partial charge is 0.289 e. The molecule has 0 aliphatic carbocycles. The first-order valence-electron chi connectivity index (χ1n) is 7.81. The van der Waals surface area contributed by atoms with Gasteiger partial charge in [0.1, 0.15) is 6.04 Å². The molecule has 130 valence electrons. The summed E-state index contributed by atoms with van der Waals surface area (Å²) in [7, 11) is 0. The number of nitrogens with one attached hydrogen (secondary N) is 3. The largest absolute Gasteiger partial charge is 0.349 e. The molecule has 1 aromatic heterocycles. The summed E-state index contributed by atoms with van der Waals surface area (Å²) in [5.41, 5.74) is 0.888. The Morgan fingerprint density at radius 1 is 1.38 bits per heavy atom. The lowest BCUT2D eigenvalue weighted by atomic mass is 10.00. The second-order valence-electron chi connectivity index (χ2n) is 6.07. The quantitative estimate of drug-likeness (QED) is 0.628. The van der Waals surface area contributed by atoms with Crippen LogP contribution in [0.1, 0.15) is 25.8 Å². The van der Waals surface area contributed by atoms with Crippen LogP contribution in [0.15, 0.2) is 16.8 Å². The van der Waals surface area contributed by atoms with E-state index in [2.05, 4.69) is 16.0 Å². The van der Waals surface area contributed by atoms with Gasteiger partial charge in [-0.05, 0) is 34.7 Å². The number of hydrogen-bond donors (Lipinski definition) is 3. The van der Waals surface area contributed by atoms with Gasteiger partial charge in [0.25, 0.3) is 5.91 Å². The van der Waals surface area contributed by atoms with E-state index in [1.54, 1.807) is 0 Å². The van der Waals surface area contributed by atoms with E-state index in [1.165, 1.54) is 11.3 Å². The Labute approximate surface area is 144 Å². The van der Waals surface area contributed by atoms with Crippen LogP contribution in [-0.4, -0.2) is 42.1 Å². The van der Waals surface area contributed by atoms with Gasteiger partial charge < -0.3 is 16.0 Å². The van der Waals surface area contributed by atoms with Gasteiger partial charge in [-0.2, -0.15) is 11.3 Å². The van der Waals surface area contributed by atoms with Crippen LogP contribution in [0.25, 0.3) is 0 Å². The van der Waals surface area contributed by atoms with Crippen LogP contribution < -0.4 is 16.0 Å². The Morgan fingerprint density at radius 2 is 2.12 bits per heavy atom. The highest BCUT2D eigenvalue weighted by Gasteiger charge is 2.33. The van der Waals surface area contributed by atoms with Gasteiger partial charge >= 0.3 is 0 Å². The third-order valence-corrected chi connectivity index (χ3v) is 4.52. The summed E-state index contributed by atoms with van der Waals surface area (Å²) >= 11 is 1.50. The molecule has 2 heterocycles. The Bertz CT molecular complexity index is 627. The molecule has 8 heteroatoms. The maximum absolute atomic E-state index is 12.4. The molecule has 0 radical (unpaired) electrons. The van der Waals surface area contributed by atoms with E-state index < -0.39 is 29.7 Å². The second-order valence-corrected chi connectivity index (χ2v) is 6.85. The standard InChI is InChI=1S/C16H21N3O4S/c1-9(2)13(19-12(20)7-10-4-6-24-8-10)15(22)18-11-3-5-17-16(23)14(11)21/h4,6,8-9,11,13H,3,5,7H2,1-2H3,(H,17,23)(H,18,22)(H,19,20). The Hall–Kier alpha value is -2.22. The summed E-state index contributed by atoms with van der Waals surface area (Å²) < 4.78 is 0. The lowest BCUT2D eigenvalue weighted by Crippen LogP contribution is -2.58. The lowest BCUT2D eigenvalue weighted by molar-refractivity contribution is -0.142. The van der Waals surface area contributed by atoms with Crippen LogP contribution in [-0.2, 0) is 25.6 Å². The van der Waals surface area contributed by atoms with Crippen LogP contribution in [0.5, 0.6) is 0 Å². The maximum atomic E-state index is 12.4. The molecule has 0 bridgehead atoms. The molecule has 2 rings (SSSR count).